The number of thiazole rings is 1. The van der Waals surface area contributed by atoms with E-state index in [0.717, 1.165) is 9.90 Å². The number of aryl methyl sites for hydroxylation is 1. The van der Waals surface area contributed by atoms with Gasteiger partial charge in [0.05, 0.1) is 15.7 Å². The smallest absolute Gasteiger partial charge is 0.230 e. The van der Waals surface area contributed by atoms with Crippen LogP contribution in [-0.4, -0.2) is 22.7 Å². The highest BCUT2D eigenvalue weighted by molar-refractivity contribution is 8.01. The lowest BCUT2D eigenvalue weighted by molar-refractivity contribution is -0.119. The van der Waals surface area contributed by atoms with Crippen LogP contribution in [0.3, 0.4) is 0 Å². The Bertz CT molecular complexity index is 390. The standard InChI is InChI=1S/C11H19N3OS2/c1-6(2)7(3)13-9(15)5-16-10-8(4)14-11(12)17-10/h6-7H,5H2,1-4H3,(H2,12,14)(H,13,15). The first-order chi connectivity index (χ1) is 7.90. The molecule has 1 amide bonds. The molecule has 1 aromatic rings. The third kappa shape index (κ3) is 4.55. The third-order valence-electron chi connectivity index (χ3n) is 2.49. The fourth-order valence-corrected chi connectivity index (χ4v) is 2.96. The van der Waals surface area contributed by atoms with Gasteiger partial charge in [0, 0.05) is 6.04 Å². The molecule has 0 aliphatic carbocycles. The molecule has 0 aliphatic rings. The predicted octanol–water partition coefficient (Wildman–Crippen LogP) is 2.29. The summed E-state index contributed by atoms with van der Waals surface area (Å²) >= 11 is 2.92. The van der Waals surface area contributed by atoms with E-state index in [4.69, 9.17) is 5.73 Å². The van der Waals surface area contributed by atoms with Crippen LogP contribution in [0, 0.1) is 12.8 Å². The Kier molecular flexibility index (Phi) is 5.27. The molecule has 0 bridgehead atoms. The molecular weight excluding hydrogens is 254 g/mol. The maximum Gasteiger partial charge on any atom is 0.230 e. The van der Waals surface area contributed by atoms with E-state index in [1.807, 2.05) is 13.8 Å². The van der Waals surface area contributed by atoms with Crippen molar-refractivity contribution in [2.45, 2.75) is 37.9 Å². The van der Waals surface area contributed by atoms with Crippen molar-refractivity contribution in [2.24, 2.45) is 5.92 Å². The molecule has 0 aromatic carbocycles. The Morgan fingerprint density at radius 1 is 1.53 bits per heavy atom. The van der Waals surface area contributed by atoms with Gasteiger partial charge in [0.15, 0.2) is 5.13 Å². The zero-order chi connectivity index (χ0) is 13.0. The van der Waals surface area contributed by atoms with Crippen LogP contribution in [0.15, 0.2) is 4.21 Å². The van der Waals surface area contributed by atoms with Crippen molar-refractivity contribution in [3.05, 3.63) is 5.69 Å². The molecular formula is C11H19N3OS2. The van der Waals surface area contributed by atoms with Crippen LogP contribution in [0.25, 0.3) is 0 Å². The molecule has 0 saturated heterocycles. The van der Waals surface area contributed by atoms with E-state index in [1.54, 1.807) is 0 Å². The Hall–Kier alpha value is -0.750. The summed E-state index contributed by atoms with van der Waals surface area (Å²) in [6.45, 7) is 8.10. The molecule has 17 heavy (non-hydrogen) atoms. The molecule has 3 N–H and O–H groups in total. The zero-order valence-corrected chi connectivity index (χ0v) is 12.2. The van der Waals surface area contributed by atoms with Gasteiger partial charge in [0.2, 0.25) is 5.91 Å². The van der Waals surface area contributed by atoms with Gasteiger partial charge in [-0.3, -0.25) is 4.79 Å². The molecule has 1 atom stereocenters. The summed E-state index contributed by atoms with van der Waals surface area (Å²) in [5.41, 5.74) is 6.50. The number of nitrogens with zero attached hydrogens (tertiary/aromatic N) is 1. The number of thioether (sulfide) groups is 1. The van der Waals surface area contributed by atoms with Gasteiger partial charge in [0.1, 0.15) is 0 Å². The van der Waals surface area contributed by atoms with Gasteiger partial charge in [0.25, 0.3) is 0 Å². The van der Waals surface area contributed by atoms with Crippen molar-refractivity contribution >= 4 is 34.1 Å². The highest BCUT2D eigenvalue weighted by Crippen LogP contribution is 2.30. The molecule has 0 spiro atoms. The minimum Gasteiger partial charge on any atom is -0.375 e. The number of amides is 1. The van der Waals surface area contributed by atoms with Crippen LogP contribution in [-0.2, 0) is 4.79 Å². The number of carbonyl (C=O) groups excluding carboxylic acids is 1. The monoisotopic (exact) mass is 273 g/mol. The summed E-state index contributed by atoms with van der Waals surface area (Å²) in [5, 5.41) is 3.53. The normalized spacial score (nSPS) is 12.8. The second-order valence-electron chi connectivity index (χ2n) is 4.31. The maximum absolute atomic E-state index is 11.7. The summed E-state index contributed by atoms with van der Waals surface area (Å²) in [6, 6.07) is 0.204. The number of carbonyl (C=O) groups is 1. The van der Waals surface area contributed by atoms with Gasteiger partial charge < -0.3 is 11.1 Å². The molecule has 1 aromatic heterocycles. The predicted molar refractivity (Wildman–Crippen MR) is 74.4 cm³/mol. The van der Waals surface area contributed by atoms with E-state index < -0.39 is 0 Å². The highest BCUT2D eigenvalue weighted by Gasteiger charge is 2.12. The number of anilines is 1. The van der Waals surface area contributed by atoms with Crippen LogP contribution in [0.5, 0.6) is 0 Å². The Labute approximate surface area is 110 Å². The van der Waals surface area contributed by atoms with E-state index in [-0.39, 0.29) is 11.9 Å². The van der Waals surface area contributed by atoms with Crippen LogP contribution in [0.4, 0.5) is 5.13 Å². The number of hydrogen-bond donors (Lipinski definition) is 2. The SMILES string of the molecule is Cc1nc(N)sc1SCC(=O)NC(C)C(C)C. The molecule has 1 unspecified atom stereocenters. The number of nitrogens with two attached hydrogens (primary N) is 1. The lowest BCUT2D eigenvalue weighted by Gasteiger charge is -2.16. The summed E-state index contributed by atoms with van der Waals surface area (Å²) in [6.07, 6.45) is 0. The molecule has 6 heteroatoms. The summed E-state index contributed by atoms with van der Waals surface area (Å²) < 4.78 is 1.02. The van der Waals surface area contributed by atoms with E-state index >= 15 is 0 Å². The topological polar surface area (TPSA) is 68.0 Å². The van der Waals surface area contributed by atoms with Crippen molar-refractivity contribution in [3.63, 3.8) is 0 Å². The molecule has 0 fully saturated rings. The van der Waals surface area contributed by atoms with Crippen molar-refractivity contribution in [3.8, 4) is 0 Å². The fraction of sp³-hybridized carbons (Fsp3) is 0.636. The fourth-order valence-electron chi connectivity index (χ4n) is 1.13. The number of nitrogens with one attached hydrogen (secondary N) is 1. The number of rotatable bonds is 5. The van der Waals surface area contributed by atoms with Crippen LogP contribution in [0.1, 0.15) is 26.5 Å². The third-order valence-corrected chi connectivity index (χ3v) is 4.84. The van der Waals surface area contributed by atoms with Crippen LogP contribution < -0.4 is 11.1 Å². The van der Waals surface area contributed by atoms with Crippen molar-refractivity contribution in [1.82, 2.24) is 10.3 Å². The van der Waals surface area contributed by atoms with E-state index in [0.29, 0.717) is 16.8 Å². The van der Waals surface area contributed by atoms with Gasteiger partial charge >= 0.3 is 0 Å². The van der Waals surface area contributed by atoms with Crippen LogP contribution >= 0.6 is 23.1 Å². The molecule has 1 heterocycles. The minimum atomic E-state index is 0.0579. The lowest BCUT2D eigenvalue weighted by atomic mass is 10.1. The highest BCUT2D eigenvalue weighted by atomic mass is 32.2. The summed E-state index contributed by atoms with van der Waals surface area (Å²) in [5.74, 6) is 0.923. The lowest BCUT2D eigenvalue weighted by Crippen LogP contribution is -2.37. The van der Waals surface area contributed by atoms with Gasteiger partial charge in [-0.2, -0.15) is 0 Å². The molecule has 1 rings (SSSR count). The Morgan fingerprint density at radius 2 is 2.18 bits per heavy atom. The zero-order valence-electron chi connectivity index (χ0n) is 10.6. The average Bonchev–Trinajstić information content (AvgIpc) is 2.54. The quantitative estimate of drug-likeness (QED) is 0.808. The van der Waals surface area contributed by atoms with Crippen molar-refractivity contribution in [1.29, 1.82) is 0 Å². The first-order valence-electron chi connectivity index (χ1n) is 5.55. The molecule has 0 radical (unpaired) electrons. The van der Waals surface area contributed by atoms with Gasteiger partial charge in [-0.05, 0) is 19.8 Å². The van der Waals surface area contributed by atoms with Gasteiger partial charge in [-0.25, -0.2) is 4.98 Å². The van der Waals surface area contributed by atoms with E-state index in [9.17, 15) is 4.79 Å². The minimum absolute atomic E-state index is 0.0579. The first kappa shape index (κ1) is 14.3. The number of nitrogen functional groups attached to an aromatic ring is 1. The first-order valence-corrected chi connectivity index (χ1v) is 7.35. The van der Waals surface area contributed by atoms with E-state index in [1.165, 1.54) is 23.1 Å². The molecule has 0 saturated carbocycles. The number of hydrogen-bond acceptors (Lipinski definition) is 5. The van der Waals surface area contributed by atoms with Gasteiger partial charge in [-0.15, -0.1) is 11.8 Å². The second kappa shape index (κ2) is 6.26. The Balaban J connectivity index is 2.41. The second-order valence-corrected chi connectivity index (χ2v) is 6.59. The van der Waals surface area contributed by atoms with Crippen LogP contribution in [0.2, 0.25) is 0 Å². The van der Waals surface area contributed by atoms with E-state index in [2.05, 4.69) is 24.1 Å². The molecule has 96 valence electrons. The molecule has 4 nitrogen and oxygen atoms in total. The largest absolute Gasteiger partial charge is 0.375 e. The average molecular weight is 273 g/mol. The summed E-state index contributed by atoms with van der Waals surface area (Å²) in [4.78, 5) is 15.8. The van der Waals surface area contributed by atoms with Gasteiger partial charge in [-0.1, -0.05) is 25.2 Å². The summed E-state index contributed by atoms with van der Waals surface area (Å²) in [7, 11) is 0. The maximum atomic E-state index is 11.7. The van der Waals surface area contributed by atoms with Crippen molar-refractivity contribution in [2.75, 3.05) is 11.5 Å². The Morgan fingerprint density at radius 3 is 2.65 bits per heavy atom. The molecule has 0 aliphatic heterocycles. The number of aromatic nitrogens is 1. The van der Waals surface area contributed by atoms with Crippen molar-refractivity contribution < 1.29 is 4.79 Å².